The maximum absolute atomic E-state index is 11.8. The van der Waals surface area contributed by atoms with Gasteiger partial charge in [-0.1, -0.05) is 0 Å². The van der Waals surface area contributed by atoms with E-state index < -0.39 is 5.60 Å². The number of nitrogen functional groups attached to an aromatic ring is 1. The number of hydrogen-bond donors (Lipinski definition) is 3. The molecule has 19 heavy (non-hydrogen) atoms. The molecule has 0 saturated carbocycles. The minimum Gasteiger partial charge on any atom is -0.397 e. The number of hydrogen-bond acceptors (Lipinski definition) is 4. The van der Waals surface area contributed by atoms with Gasteiger partial charge < -0.3 is 21.1 Å². The standard InChI is InChI=1S/C14H23N3O2/c1-5-16-13(18)10-6-7-11(15)12(8-10)17(4)9-14(2,3)19/h6-8,19H,5,9,15H2,1-4H3,(H,16,18). The molecular formula is C14H23N3O2. The van der Waals surface area contributed by atoms with Crippen molar-refractivity contribution in [1.29, 1.82) is 0 Å². The Kier molecular flexibility index (Phi) is 4.78. The van der Waals surface area contributed by atoms with E-state index in [1.165, 1.54) is 0 Å². The first-order chi connectivity index (χ1) is 8.74. The quantitative estimate of drug-likeness (QED) is 0.700. The molecule has 1 aromatic carbocycles. The summed E-state index contributed by atoms with van der Waals surface area (Å²) >= 11 is 0. The lowest BCUT2D eigenvalue weighted by Gasteiger charge is -2.28. The monoisotopic (exact) mass is 265 g/mol. The van der Waals surface area contributed by atoms with Gasteiger partial charge in [0.25, 0.3) is 5.91 Å². The van der Waals surface area contributed by atoms with Gasteiger partial charge in [-0.05, 0) is 39.0 Å². The van der Waals surface area contributed by atoms with Gasteiger partial charge in [0, 0.05) is 25.7 Å². The van der Waals surface area contributed by atoms with Crippen LogP contribution in [0.15, 0.2) is 18.2 Å². The lowest BCUT2D eigenvalue weighted by atomic mass is 10.1. The normalized spacial score (nSPS) is 11.2. The first kappa shape index (κ1) is 15.3. The zero-order valence-electron chi connectivity index (χ0n) is 12.0. The number of benzene rings is 1. The Bertz CT molecular complexity index is 452. The number of nitrogens with two attached hydrogens (primary N) is 1. The predicted octanol–water partition coefficient (Wildman–Crippen LogP) is 1.23. The van der Waals surface area contributed by atoms with E-state index in [1.54, 1.807) is 32.0 Å². The lowest BCUT2D eigenvalue weighted by molar-refractivity contribution is 0.0886. The number of carbonyl (C=O) groups is 1. The second kappa shape index (κ2) is 5.93. The van der Waals surface area contributed by atoms with Crippen LogP contribution in [0.3, 0.4) is 0 Å². The van der Waals surface area contributed by atoms with Crippen LogP contribution in [0.2, 0.25) is 0 Å². The molecule has 5 heteroatoms. The highest BCUT2D eigenvalue weighted by molar-refractivity contribution is 5.96. The van der Waals surface area contributed by atoms with Crippen molar-refractivity contribution in [2.24, 2.45) is 0 Å². The number of carbonyl (C=O) groups excluding carboxylic acids is 1. The fraction of sp³-hybridized carbons (Fsp3) is 0.500. The largest absolute Gasteiger partial charge is 0.397 e. The maximum atomic E-state index is 11.8. The summed E-state index contributed by atoms with van der Waals surface area (Å²) in [7, 11) is 1.84. The smallest absolute Gasteiger partial charge is 0.251 e. The van der Waals surface area contributed by atoms with Crippen molar-refractivity contribution in [3.8, 4) is 0 Å². The van der Waals surface area contributed by atoms with Crippen molar-refractivity contribution in [3.63, 3.8) is 0 Å². The number of rotatable bonds is 5. The number of aliphatic hydroxyl groups is 1. The summed E-state index contributed by atoms with van der Waals surface area (Å²) < 4.78 is 0. The molecule has 5 nitrogen and oxygen atoms in total. The van der Waals surface area contributed by atoms with Crippen molar-refractivity contribution in [2.45, 2.75) is 26.4 Å². The predicted molar refractivity (Wildman–Crippen MR) is 78.4 cm³/mol. The Hall–Kier alpha value is -1.75. The Morgan fingerprint density at radius 2 is 2.11 bits per heavy atom. The van der Waals surface area contributed by atoms with E-state index in [4.69, 9.17) is 5.73 Å². The van der Waals surface area contributed by atoms with Gasteiger partial charge >= 0.3 is 0 Å². The third-order valence-corrected chi connectivity index (χ3v) is 2.67. The van der Waals surface area contributed by atoms with Gasteiger partial charge in [-0.25, -0.2) is 0 Å². The lowest BCUT2D eigenvalue weighted by Crippen LogP contribution is -2.36. The molecule has 0 aromatic heterocycles. The van der Waals surface area contributed by atoms with Gasteiger partial charge in [0.05, 0.1) is 17.0 Å². The van der Waals surface area contributed by atoms with Crippen LogP contribution in [0, 0.1) is 0 Å². The summed E-state index contributed by atoms with van der Waals surface area (Å²) in [5.74, 6) is -0.125. The molecule has 0 spiro atoms. The molecule has 1 aromatic rings. The van der Waals surface area contributed by atoms with Crippen LogP contribution in [-0.4, -0.2) is 36.8 Å². The van der Waals surface area contributed by atoms with Crippen LogP contribution < -0.4 is 16.0 Å². The molecule has 0 saturated heterocycles. The molecular weight excluding hydrogens is 242 g/mol. The van der Waals surface area contributed by atoms with Crippen LogP contribution in [0.25, 0.3) is 0 Å². The van der Waals surface area contributed by atoms with E-state index in [0.717, 1.165) is 5.69 Å². The number of nitrogens with one attached hydrogen (secondary N) is 1. The van der Waals surface area contributed by atoms with Crippen molar-refractivity contribution < 1.29 is 9.90 Å². The fourth-order valence-corrected chi connectivity index (χ4v) is 1.94. The average Bonchev–Trinajstić information content (AvgIpc) is 2.27. The molecule has 1 rings (SSSR count). The van der Waals surface area contributed by atoms with Gasteiger partial charge in [-0.15, -0.1) is 0 Å². The van der Waals surface area contributed by atoms with Crippen molar-refractivity contribution in [3.05, 3.63) is 23.8 Å². The molecule has 0 atom stereocenters. The van der Waals surface area contributed by atoms with E-state index >= 15 is 0 Å². The zero-order chi connectivity index (χ0) is 14.6. The molecule has 0 bridgehead atoms. The molecule has 0 unspecified atom stereocenters. The Balaban J connectivity index is 3.00. The van der Waals surface area contributed by atoms with Gasteiger partial charge in [0.1, 0.15) is 0 Å². The molecule has 4 N–H and O–H groups in total. The molecule has 0 fully saturated rings. The average molecular weight is 265 g/mol. The number of anilines is 2. The molecule has 0 aliphatic heterocycles. The van der Waals surface area contributed by atoms with E-state index in [1.807, 2.05) is 18.9 Å². The summed E-state index contributed by atoms with van der Waals surface area (Å²) in [6.45, 7) is 6.34. The highest BCUT2D eigenvalue weighted by Crippen LogP contribution is 2.25. The summed E-state index contributed by atoms with van der Waals surface area (Å²) in [5, 5.41) is 12.6. The molecule has 0 aliphatic carbocycles. The van der Waals surface area contributed by atoms with Crippen LogP contribution in [0.5, 0.6) is 0 Å². The van der Waals surface area contributed by atoms with Gasteiger partial charge in [-0.2, -0.15) is 0 Å². The second-order valence-corrected chi connectivity index (χ2v) is 5.30. The second-order valence-electron chi connectivity index (χ2n) is 5.30. The number of amides is 1. The molecule has 0 radical (unpaired) electrons. The Morgan fingerprint density at radius 1 is 1.47 bits per heavy atom. The SMILES string of the molecule is CCNC(=O)c1ccc(N)c(N(C)CC(C)(C)O)c1. The summed E-state index contributed by atoms with van der Waals surface area (Å²) in [6, 6.07) is 5.15. The van der Waals surface area contributed by atoms with Crippen LogP contribution in [-0.2, 0) is 0 Å². The van der Waals surface area contributed by atoms with E-state index in [2.05, 4.69) is 5.32 Å². The van der Waals surface area contributed by atoms with Gasteiger partial charge in [0.2, 0.25) is 0 Å². The van der Waals surface area contributed by atoms with Gasteiger partial charge in [-0.3, -0.25) is 4.79 Å². The van der Waals surface area contributed by atoms with Crippen LogP contribution in [0.4, 0.5) is 11.4 Å². The minimum atomic E-state index is -0.830. The Labute approximate surface area is 114 Å². The van der Waals surface area contributed by atoms with Gasteiger partial charge in [0.15, 0.2) is 0 Å². The van der Waals surface area contributed by atoms with E-state index in [-0.39, 0.29) is 5.91 Å². The maximum Gasteiger partial charge on any atom is 0.251 e. The van der Waals surface area contributed by atoms with Crippen LogP contribution in [0.1, 0.15) is 31.1 Å². The van der Waals surface area contributed by atoms with Crippen molar-refractivity contribution in [2.75, 3.05) is 30.8 Å². The zero-order valence-corrected chi connectivity index (χ0v) is 12.0. The number of nitrogens with zero attached hydrogens (tertiary/aromatic N) is 1. The van der Waals surface area contributed by atoms with Crippen LogP contribution >= 0.6 is 0 Å². The molecule has 0 heterocycles. The topological polar surface area (TPSA) is 78.6 Å². The first-order valence-electron chi connectivity index (χ1n) is 6.36. The number of likely N-dealkylation sites (N-methyl/N-ethyl adjacent to an activating group) is 1. The minimum absolute atomic E-state index is 0.125. The summed E-state index contributed by atoms with van der Waals surface area (Å²) in [5.41, 5.74) is 6.99. The first-order valence-corrected chi connectivity index (χ1v) is 6.36. The highest BCUT2D eigenvalue weighted by Gasteiger charge is 2.18. The van der Waals surface area contributed by atoms with E-state index in [0.29, 0.717) is 24.3 Å². The highest BCUT2D eigenvalue weighted by atomic mass is 16.3. The van der Waals surface area contributed by atoms with E-state index in [9.17, 15) is 9.90 Å². The molecule has 0 aliphatic rings. The molecule has 106 valence electrons. The third-order valence-electron chi connectivity index (χ3n) is 2.67. The van der Waals surface area contributed by atoms with Crippen molar-refractivity contribution in [1.82, 2.24) is 5.32 Å². The Morgan fingerprint density at radius 3 is 2.63 bits per heavy atom. The molecule has 1 amide bonds. The summed E-state index contributed by atoms with van der Waals surface area (Å²) in [6.07, 6.45) is 0. The fourth-order valence-electron chi connectivity index (χ4n) is 1.94. The summed E-state index contributed by atoms with van der Waals surface area (Å²) in [4.78, 5) is 13.6. The third kappa shape index (κ3) is 4.44. The van der Waals surface area contributed by atoms with Crippen molar-refractivity contribution >= 4 is 17.3 Å².